The minimum atomic E-state index is 0.331. The Morgan fingerprint density at radius 3 is 2.70 bits per heavy atom. The number of anilines is 1. The molecule has 0 saturated carbocycles. The van der Waals surface area contributed by atoms with Gasteiger partial charge in [0.2, 0.25) is 0 Å². The maximum Gasteiger partial charge on any atom is 0.149 e. The van der Waals surface area contributed by atoms with Gasteiger partial charge in [0.15, 0.2) is 0 Å². The van der Waals surface area contributed by atoms with Gasteiger partial charge in [-0.05, 0) is 19.0 Å². The Bertz CT molecular complexity index is 563. The van der Waals surface area contributed by atoms with E-state index in [-0.39, 0.29) is 0 Å². The van der Waals surface area contributed by atoms with E-state index in [0.717, 1.165) is 49.5 Å². The minimum absolute atomic E-state index is 0.331. The molecule has 1 aromatic rings. The molecule has 0 bridgehead atoms. The number of halogens is 1. The number of fused-ring (bicyclic) bond motifs is 1. The third-order valence-electron chi connectivity index (χ3n) is 3.94. The van der Waals surface area contributed by atoms with Crippen LogP contribution in [-0.4, -0.2) is 49.8 Å². The summed E-state index contributed by atoms with van der Waals surface area (Å²) < 4.78 is 5.40. The third-order valence-corrected chi connectivity index (χ3v) is 4.21. The second-order valence-corrected chi connectivity index (χ2v) is 5.62. The number of morpholine rings is 1. The Labute approximate surface area is 123 Å². The Morgan fingerprint density at radius 2 is 2.00 bits per heavy atom. The Hall–Kier alpha value is -1.35. The molecule has 0 N–H and O–H groups in total. The van der Waals surface area contributed by atoms with Gasteiger partial charge >= 0.3 is 0 Å². The summed E-state index contributed by atoms with van der Waals surface area (Å²) in [6, 6.07) is 2.21. The Balaban J connectivity index is 2.09. The lowest BCUT2D eigenvalue weighted by atomic mass is 9.96. The van der Waals surface area contributed by atoms with E-state index in [2.05, 4.69) is 27.9 Å². The Morgan fingerprint density at radius 1 is 1.25 bits per heavy atom. The molecule has 0 spiro atoms. The highest BCUT2D eigenvalue weighted by Crippen LogP contribution is 2.33. The van der Waals surface area contributed by atoms with E-state index in [9.17, 15) is 5.26 Å². The van der Waals surface area contributed by atoms with Crippen molar-refractivity contribution in [2.24, 2.45) is 0 Å². The first-order chi connectivity index (χ1) is 9.70. The molecule has 3 rings (SSSR count). The molecule has 5 nitrogen and oxygen atoms in total. The van der Waals surface area contributed by atoms with E-state index < -0.39 is 0 Å². The highest BCUT2D eigenvalue weighted by atomic mass is 35.5. The molecule has 1 saturated heterocycles. The summed E-state index contributed by atoms with van der Waals surface area (Å²) in [6.45, 7) is 4.84. The molecule has 0 amide bonds. The lowest BCUT2D eigenvalue weighted by Gasteiger charge is -2.34. The van der Waals surface area contributed by atoms with Gasteiger partial charge in [-0.3, -0.25) is 0 Å². The number of hydrogen-bond donors (Lipinski definition) is 0. The second kappa shape index (κ2) is 5.57. The topological polar surface area (TPSA) is 52.4 Å². The molecule has 2 aliphatic rings. The van der Waals surface area contributed by atoms with Crippen LogP contribution in [-0.2, 0) is 17.7 Å². The zero-order chi connectivity index (χ0) is 14.1. The predicted octanol–water partition coefficient (Wildman–Crippen LogP) is 1.43. The van der Waals surface area contributed by atoms with Crippen LogP contribution in [0.1, 0.15) is 16.7 Å². The van der Waals surface area contributed by atoms with Gasteiger partial charge in [-0.15, -0.1) is 0 Å². The largest absolute Gasteiger partial charge is 0.378 e. The average Bonchev–Trinajstić information content (AvgIpc) is 2.48. The zero-order valence-corrected chi connectivity index (χ0v) is 12.3. The van der Waals surface area contributed by atoms with Crippen LogP contribution in [0, 0.1) is 11.3 Å². The summed E-state index contributed by atoms with van der Waals surface area (Å²) in [5.41, 5.74) is 2.78. The maximum absolute atomic E-state index is 9.32. The predicted molar refractivity (Wildman–Crippen MR) is 77.0 cm³/mol. The molecule has 106 valence electrons. The first-order valence-corrected chi connectivity index (χ1v) is 7.21. The summed E-state index contributed by atoms with van der Waals surface area (Å²) in [7, 11) is 2.09. The standard InChI is InChI=1S/C14H17ClN4O/c1-18-3-2-10-11(8-16)13(15)17-14(12(10)9-18)19-4-6-20-7-5-19/h2-7,9H2,1H3. The number of nitriles is 1. The molecule has 1 aromatic heterocycles. The van der Waals surface area contributed by atoms with E-state index in [1.807, 2.05) is 0 Å². The van der Waals surface area contributed by atoms with Crippen LogP contribution in [0.15, 0.2) is 0 Å². The molecule has 1 fully saturated rings. The molecular formula is C14H17ClN4O. The van der Waals surface area contributed by atoms with Gasteiger partial charge in [0.25, 0.3) is 0 Å². The first-order valence-electron chi connectivity index (χ1n) is 6.83. The molecule has 0 radical (unpaired) electrons. The summed E-state index contributed by atoms with van der Waals surface area (Å²) in [4.78, 5) is 8.97. The summed E-state index contributed by atoms with van der Waals surface area (Å²) >= 11 is 6.22. The molecule has 3 heterocycles. The molecule has 0 atom stereocenters. The zero-order valence-electron chi connectivity index (χ0n) is 11.5. The molecule has 0 aliphatic carbocycles. The summed E-state index contributed by atoms with van der Waals surface area (Å²) in [5, 5.41) is 9.65. The molecule has 0 unspecified atom stereocenters. The van der Waals surface area contributed by atoms with E-state index in [1.54, 1.807) is 0 Å². The normalized spacial score (nSPS) is 19.6. The second-order valence-electron chi connectivity index (χ2n) is 5.26. The van der Waals surface area contributed by atoms with Crippen LogP contribution in [0.25, 0.3) is 0 Å². The van der Waals surface area contributed by atoms with Crippen LogP contribution in [0.2, 0.25) is 5.15 Å². The lowest BCUT2D eigenvalue weighted by molar-refractivity contribution is 0.122. The quantitative estimate of drug-likeness (QED) is 0.733. The van der Waals surface area contributed by atoms with Gasteiger partial charge in [-0.25, -0.2) is 4.98 Å². The number of aromatic nitrogens is 1. The van der Waals surface area contributed by atoms with Gasteiger partial charge in [-0.2, -0.15) is 5.26 Å². The molecule has 6 heteroatoms. The van der Waals surface area contributed by atoms with Gasteiger partial charge in [0.1, 0.15) is 17.0 Å². The minimum Gasteiger partial charge on any atom is -0.378 e. The van der Waals surface area contributed by atoms with Gasteiger partial charge < -0.3 is 14.5 Å². The number of pyridine rings is 1. The fraction of sp³-hybridized carbons (Fsp3) is 0.571. The highest BCUT2D eigenvalue weighted by Gasteiger charge is 2.26. The van der Waals surface area contributed by atoms with Crippen molar-refractivity contribution < 1.29 is 4.74 Å². The molecule has 0 aromatic carbocycles. The Kier molecular flexibility index (Phi) is 3.79. The smallest absolute Gasteiger partial charge is 0.149 e. The van der Waals surface area contributed by atoms with Crippen molar-refractivity contribution in [2.45, 2.75) is 13.0 Å². The summed E-state index contributed by atoms with van der Waals surface area (Å²) in [5.74, 6) is 0.929. The number of hydrogen-bond acceptors (Lipinski definition) is 5. The third kappa shape index (κ3) is 2.35. The van der Waals surface area contributed by atoms with Crippen molar-refractivity contribution in [3.63, 3.8) is 0 Å². The SMILES string of the molecule is CN1CCc2c(C#N)c(Cl)nc(N3CCOCC3)c2C1. The van der Waals surface area contributed by atoms with Crippen molar-refractivity contribution in [2.75, 3.05) is 44.8 Å². The molecule has 2 aliphatic heterocycles. The lowest BCUT2D eigenvalue weighted by Crippen LogP contribution is -2.39. The van der Waals surface area contributed by atoms with Crippen molar-refractivity contribution in [3.8, 4) is 6.07 Å². The van der Waals surface area contributed by atoms with E-state index >= 15 is 0 Å². The number of rotatable bonds is 1. The van der Waals surface area contributed by atoms with Gasteiger partial charge in [0, 0.05) is 31.7 Å². The number of nitrogens with zero attached hydrogens (tertiary/aromatic N) is 4. The van der Waals surface area contributed by atoms with Crippen molar-refractivity contribution in [3.05, 3.63) is 21.8 Å². The fourth-order valence-corrected chi connectivity index (χ4v) is 3.11. The molecular weight excluding hydrogens is 276 g/mol. The van der Waals surface area contributed by atoms with Gasteiger partial charge in [0.05, 0.1) is 18.8 Å². The highest BCUT2D eigenvalue weighted by molar-refractivity contribution is 6.30. The van der Waals surface area contributed by atoms with E-state index in [4.69, 9.17) is 16.3 Å². The van der Waals surface area contributed by atoms with E-state index in [0.29, 0.717) is 23.9 Å². The van der Waals surface area contributed by atoms with Crippen molar-refractivity contribution in [1.29, 1.82) is 5.26 Å². The first kappa shape index (κ1) is 13.6. The van der Waals surface area contributed by atoms with Crippen LogP contribution in [0.4, 0.5) is 5.82 Å². The monoisotopic (exact) mass is 292 g/mol. The fourth-order valence-electron chi connectivity index (χ4n) is 2.87. The van der Waals surface area contributed by atoms with E-state index in [1.165, 1.54) is 0 Å². The molecule has 20 heavy (non-hydrogen) atoms. The van der Waals surface area contributed by atoms with Crippen LogP contribution >= 0.6 is 11.6 Å². The van der Waals surface area contributed by atoms with Crippen molar-refractivity contribution in [1.82, 2.24) is 9.88 Å². The van der Waals surface area contributed by atoms with Crippen molar-refractivity contribution >= 4 is 17.4 Å². The number of likely N-dealkylation sites (N-methyl/N-ethyl adjacent to an activating group) is 1. The van der Waals surface area contributed by atoms with Crippen LogP contribution in [0.3, 0.4) is 0 Å². The average molecular weight is 293 g/mol. The summed E-state index contributed by atoms with van der Waals surface area (Å²) in [6.07, 6.45) is 0.855. The van der Waals surface area contributed by atoms with Crippen LogP contribution < -0.4 is 4.90 Å². The van der Waals surface area contributed by atoms with Gasteiger partial charge in [-0.1, -0.05) is 11.6 Å². The number of ether oxygens (including phenoxy) is 1. The maximum atomic E-state index is 9.32. The van der Waals surface area contributed by atoms with Crippen LogP contribution in [0.5, 0.6) is 0 Å².